The number of halogens is 1. The topological polar surface area (TPSA) is 64.7 Å². The summed E-state index contributed by atoms with van der Waals surface area (Å²) in [5.41, 5.74) is 1.93. The number of fused-ring (bicyclic) bond motifs is 1. The number of nitrogens with zero attached hydrogens (tertiary/aromatic N) is 4. The van der Waals surface area contributed by atoms with Gasteiger partial charge in [0.25, 0.3) is 0 Å². The fourth-order valence-corrected chi connectivity index (χ4v) is 4.59. The minimum Gasteiger partial charge on any atom is -0.299 e. The molecule has 1 fully saturated rings. The first-order valence-corrected chi connectivity index (χ1v) is 10.2. The monoisotopic (exact) mass is 413 g/mol. The highest BCUT2D eigenvalue weighted by Gasteiger charge is 2.26. The van der Waals surface area contributed by atoms with E-state index in [0.29, 0.717) is 22.9 Å². The molecule has 0 bridgehead atoms. The molecule has 1 saturated heterocycles. The van der Waals surface area contributed by atoms with Crippen LogP contribution in [0.25, 0.3) is 10.2 Å². The largest absolute Gasteiger partial charge is 0.299 e. The number of carbonyl (C=O) groups is 1. The van der Waals surface area contributed by atoms with Crippen molar-refractivity contribution in [3.63, 3.8) is 0 Å². The van der Waals surface area contributed by atoms with Crippen molar-refractivity contribution in [2.45, 2.75) is 6.17 Å². The van der Waals surface area contributed by atoms with Crippen molar-refractivity contribution in [1.82, 2.24) is 14.5 Å². The summed E-state index contributed by atoms with van der Waals surface area (Å²) in [6.07, 6.45) is 2.28. The molecule has 1 unspecified atom stereocenters. The van der Waals surface area contributed by atoms with Gasteiger partial charge in [-0.2, -0.15) is 5.10 Å². The number of benzene rings is 2. The number of hydrogen-bond acceptors (Lipinski definition) is 6. The van der Waals surface area contributed by atoms with Crippen LogP contribution >= 0.6 is 22.9 Å². The second-order valence-electron chi connectivity index (χ2n) is 6.58. The zero-order chi connectivity index (χ0) is 19.5. The molecule has 0 radical (unpaired) electrons. The summed E-state index contributed by atoms with van der Waals surface area (Å²) >= 11 is 7.40. The lowest BCUT2D eigenvalue weighted by Gasteiger charge is -2.36. The second-order valence-corrected chi connectivity index (χ2v) is 8.05. The molecular weight excluding hydrogens is 394 g/mol. The molecule has 0 spiro atoms. The molecule has 6 nitrogen and oxygen atoms in total. The molecule has 1 N–H and O–H groups in total. The Balaban J connectivity index is 1.49. The number of hydrogen-bond donors (Lipinski definition) is 1. The summed E-state index contributed by atoms with van der Waals surface area (Å²) in [6.45, 7) is 2.87. The smallest absolute Gasteiger partial charge is 0.184 e. The molecule has 1 aliphatic rings. The van der Waals surface area contributed by atoms with Gasteiger partial charge in [0.05, 0.1) is 16.4 Å². The summed E-state index contributed by atoms with van der Waals surface area (Å²) in [4.78, 5) is 14.4. The van der Waals surface area contributed by atoms with Crippen molar-refractivity contribution >= 4 is 45.7 Å². The number of hydrazone groups is 1. The van der Waals surface area contributed by atoms with E-state index in [2.05, 4.69) is 10.0 Å². The lowest BCUT2D eigenvalue weighted by Crippen LogP contribution is -2.48. The van der Waals surface area contributed by atoms with Gasteiger partial charge in [0.1, 0.15) is 6.17 Å². The van der Waals surface area contributed by atoms with Crippen LogP contribution in [-0.4, -0.2) is 53.2 Å². The van der Waals surface area contributed by atoms with Crippen LogP contribution in [0.15, 0.2) is 53.6 Å². The van der Waals surface area contributed by atoms with Gasteiger partial charge in [0.2, 0.25) is 0 Å². The molecule has 28 heavy (non-hydrogen) atoms. The predicted octanol–water partition coefficient (Wildman–Crippen LogP) is 3.18. The van der Waals surface area contributed by atoms with Crippen LogP contribution in [0.3, 0.4) is 0 Å². The molecule has 0 aliphatic carbocycles. The molecule has 4 rings (SSSR count). The molecule has 0 saturated carbocycles. The van der Waals surface area contributed by atoms with E-state index >= 15 is 0 Å². The molecular formula is C20H20ClN5OS. The molecule has 0 amide bonds. The maximum Gasteiger partial charge on any atom is 0.184 e. The Morgan fingerprint density at radius 1 is 1.11 bits per heavy atom. The van der Waals surface area contributed by atoms with Crippen molar-refractivity contribution < 1.29 is 4.79 Å². The van der Waals surface area contributed by atoms with Crippen LogP contribution in [0.1, 0.15) is 11.7 Å². The van der Waals surface area contributed by atoms with Gasteiger partial charge >= 0.3 is 0 Å². The SMILES string of the molecule is N=c1sc2cc(Cl)ccc2n1C(C=O)N1CCN(N=Cc2ccccc2)CC1. The predicted molar refractivity (Wildman–Crippen MR) is 113 cm³/mol. The molecule has 2 aromatic carbocycles. The van der Waals surface area contributed by atoms with Gasteiger partial charge in [-0.05, 0) is 23.8 Å². The third-order valence-electron chi connectivity index (χ3n) is 4.83. The van der Waals surface area contributed by atoms with E-state index in [1.807, 2.05) is 53.7 Å². The van der Waals surface area contributed by atoms with Gasteiger partial charge in [0, 0.05) is 31.2 Å². The third-order valence-corrected chi connectivity index (χ3v) is 6.00. The van der Waals surface area contributed by atoms with E-state index in [1.165, 1.54) is 11.3 Å². The minimum atomic E-state index is -0.498. The van der Waals surface area contributed by atoms with E-state index in [0.717, 1.165) is 35.2 Å². The Kier molecular flexibility index (Phi) is 5.57. The Labute approximate surface area is 171 Å². The highest BCUT2D eigenvalue weighted by Crippen LogP contribution is 2.25. The van der Waals surface area contributed by atoms with Crippen LogP contribution in [0.2, 0.25) is 5.02 Å². The molecule has 8 heteroatoms. The Bertz CT molecular complexity index is 1050. The summed E-state index contributed by atoms with van der Waals surface area (Å²) < 4.78 is 2.70. The van der Waals surface area contributed by atoms with Crippen molar-refractivity contribution in [1.29, 1.82) is 5.41 Å². The van der Waals surface area contributed by atoms with Crippen LogP contribution in [0.4, 0.5) is 0 Å². The summed E-state index contributed by atoms with van der Waals surface area (Å²) in [5, 5.41) is 15.5. The van der Waals surface area contributed by atoms with E-state index in [1.54, 1.807) is 10.6 Å². The van der Waals surface area contributed by atoms with Crippen LogP contribution < -0.4 is 4.80 Å². The van der Waals surface area contributed by atoms with Crippen molar-refractivity contribution in [3.8, 4) is 0 Å². The molecule has 1 aromatic heterocycles. The van der Waals surface area contributed by atoms with Gasteiger partial charge in [-0.25, -0.2) is 0 Å². The Morgan fingerprint density at radius 3 is 2.57 bits per heavy atom. The van der Waals surface area contributed by atoms with E-state index < -0.39 is 6.17 Å². The second kappa shape index (κ2) is 8.26. The molecule has 2 heterocycles. The van der Waals surface area contributed by atoms with Gasteiger partial charge in [-0.1, -0.05) is 53.3 Å². The summed E-state index contributed by atoms with van der Waals surface area (Å²) in [5.74, 6) is 0. The first kappa shape index (κ1) is 18.9. The molecule has 144 valence electrons. The zero-order valence-corrected chi connectivity index (χ0v) is 16.7. The molecule has 3 aromatic rings. The van der Waals surface area contributed by atoms with Crippen LogP contribution in [0.5, 0.6) is 0 Å². The van der Waals surface area contributed by atoms with Gasteiger partial charge < -0.3 is 0 Å². The lowest BCUT2D eigenvalue weighted by atomic mass is 10.2. The third kappa shape index (κ3) is 3.87. The minimum absolute atomic E-state index is 0.346. The first-order valence-electron chi connectivity index (χ1n) is 9.04. The Hall–Kier alpha value is -2.48. The number of rotatable bonds is 5. The summed E-state index contributed by atoms with van der Waals surface area (Å²) in [6, 6.07) is 15.5. The number of thiazole rings is 1. The van der Waals surface area contributed by atoms with Gasteiger partial charge in [-0.3, -0.25) is 24.7 Å². The van der Waals surface area contributed by atoms with E-state index in [9.17, 15) is 4.79 Å². The first-order chi connectivity index (χ1) is 13.7. The highest BCUT2D eigenvalue weighted by molar-refractivity contribution is 7.16. The van der Waals surface area contributed by atoms with E-state index in [-0.39, 0.29) is 0 Å². The lowest BCUT2D eigenvalue weighted by molar-refractivity contribution is -0.116. The maximum absolute atomic E-state index is 11.9. The summed E-state index contributed by atoms with van der Waals surface area (Å²) in [7, 11) is 0. The average molecular weight is 414 g/mol. The number of piperazine rings is 1. The zero-order valence-electron chi connectivity index (χ0n) is 15.2. The van der Waals surface area contributed by atoms with Gasteiger partial charge in [0.15, 0.2) is 11.1 Å². The van der Waals surface area contributed by atoms with Gasteiger partial charge in [-0.15, -0.1) is 0 Å². The van der Waals surface area contributed by atoms with Crippen molar-refractivity contribution in [2.24, 2.45) is 5.10 Å². The maximum atomic E-state index is 11.9. The number of aldehydes is 1. The number of nitrogens with one attached hydrogen (secondary N) is 1. The average Bonchev–Trinajstić information content (AvgIpc) is 3.04. The molecule has 1 atom stereocenters. The van der Waals surface area contributed by atoms with Crippen molar-refractivity contribution in [2.75, 3.05) is 26.2 Å². The normalized spacial score (nSPS) is 16.7. The Morgan fingerprint density at radius 2 is 1.86 bits per heavy atom. The fourth-order valence-electron chi connectivity index (χ4n) is 3.38. The highest BCUT2D eigenvalue weighted by atomic mass is 35.5. The van der Waals surface area contributed by atoms with Crippen LogP contribution in [-0.2, 0) is 4.79 Å². The fraction of sp³-hybridized carbons (Fsp3) is 0.250. The number of aromatic nitrogens is 1. The quantitative estimate of drug-likeness (QED) is 0.516. The van der Waals surface area contributed by atoms with Crippen LogP contribution in [0, 0.1) is 5.41 Å². The van der Waals surface area contributed by atoms with E-state index in [4.69, 9.17) is 17.0 Å². The molecule has 1 aliphatic heterocycles. The standard InChI is InChI=1S/C20H20ClN5OS/c21-16-6-7-17-18(12-16)28-20(22)26(17)19(14-27)24-8-10-25(11-9-24)23-13-15-4-2-1-3-5-15/h1-7,12-14,19,22H,8-11H2. The van der Waals surface area contributed by atoms with Crippen molar-refractivity contribution in [3.05, 3.63) is 63.9 Å². The number of carbonyl (C=O) groups excluding carboxylic acids is 1.